The smallest absolute Gasteiger partial charge is 0.303 e. The van der Waals surface area contributed by atoms with Crippen molar-refractivity contribution in [2.45, 2.75) is 58.3 Å². The minimum absolute atomic E-state index is 0.233. The number of benzene rings is 2. The SMILES string of the molecule is CC(=O)OCC1OC(n2c(-c3ccccc3)cc(-c3ccccc3)c(C#N)c2=O)C(OC(C)=O)C(OC(C)=O)C1OC(C)=O. The third-order valence-electron chi connectivity index (χ3n) is 6.73. The molecule has 44 heavy (non-hydrogen) atoms. The molecule has 0 N–H and O–H groups in total. The van der Waals surface area contributed by atoms with E-state index >= 15 is 0 Å². The number of aromatic nitrogens is 1. The second-order valence-corrected chi connectivity index (χ2v) is 9.93. The van der Waals surface area contributed by atoms with E-state index < -0.39 is 66.7 Å². The molecular weight excluding hydrogens is 572 g/mol. The highest BCUT2D eigenvalue weighted by Gasteiger charge is 2.53. The number of pyridine rings is 1. The van der Waals surface area contributed by atoms with Gasteiger partial charge in [-0.15, -0.1) is 0 Å². The second kappa shape index (κ2) is 13.8. The Bertz CT molecular complexity index is 1650. The number of carbonyl (C=O) groups is 4. The van der Waals surface area contributed by atoms with Crippen LogP contribution in [0.5, 0.6) is 0 Å². The van der Waals surface area contributed by atoms with E-state index in [1.165, 1.54) is 0 Å². The molecule has 0 aliphatic carbocycles. The Kier molecular flexibility index (Phi) is 9.92. The standard InChI is InChI=1S/C32H30N2O10/c1-18(35)40-17-27-28(41-19(2)36)29(42-20(3)37)30(43-21(4)38)32(44-27)34-26(23-13-9-6-10-14-23)15-24(25(16-33)31(34)39)22-11-7-5-8-12-22/h5-15,27-30,32H,17H2,1-4H3. The Hall–Kier alpha value is -5.28. The second-order valence-electron chi connectivity index (χ2n) is 9.93. The summed E-state index contributed by atoms with van der Waals surface area (Å²) in [6.45, 7) is 4.00. The fourth-order valence-corrected chi connectivity index (χ4v) is 5.07. The summed E-state index contributed by atoms with van der Waals surface area (Å²) in [6, 6.07) is 21.2. The van der Waals surface area contributed by atoms with Crippen LogP contribution in [0.3, 0.4) is 0 Å². The Balaban J connectivity index is 2.04. The van der Waals surface area contributed by atoms with Crippen LogP contribution in [0.15, 0.2) is 71.5 Å². The molecule has 0 spiro atoms. The molecule has 1 aliphatic rings. The van der Waals surface area contributed by atoms with Gasteiger partial charge in [0.25, 0.3) is 5.56 Å². The molecule has 12 heteroatoms. The average molecular weight is 603 g/mol. The first-order valence-electron chi connectivity index (χ1n) is 13.6. The van der Waals surface area contributed by atoms with Crippen molar-refractivity contribution in [1.82, 2.24) is 4.57 Å². The Morgan fingerprint density at radius 2 is 1.30 bits per heavy atom. The maximum atomic E-state index is 14.3. The van der Waals surface area contributed by atoms with Crippen LogP contribution in [0.2, 0.25) is 0 Å². The van der Waals surface area contributed by atoms with E-state index in [4.69, 9.17) is 23.7 Å². The van der Waals surface area contributed by atoms with Gasteiger partial charge < -0.3 is 23.7 Å². The van der Waals surface area contributed by atoms with Gasteiger partial charge >= 0.3 is 23.9 Å². The first-order valence-corrected chi connectivity index (χ1v) is 13.6. The molecule has 5 unspecified atom stereocenters. The van der Waals surface area contributed by atoms with Crippen molar-refractivity contribution < 1.29 is 42.9 Å². The zero-order valence-corrected chi connectivity index (χ0v) is 24.4. The van der Waals surface area contributed by atoms with E-state index in [1.807, 2.05) is 6.07 Å². The third-order valence-corrected chi connectivity index (χ3v) is 6.73. The molecule has 2 aromatic carbocycles. The highest BCUT2D eigenvalue weighted by molar-refractivity contribution is 5.76. The quantitative estimate of drug-likeness (QED) is 0.275. The van der Waals surface area contributed by atoms with Crippen molar-refractivity contribution in [3.05, 3.63) is 82.6 Å². The summed E-state index contributed by atoms with van der Waals surface area (Å²) in [5, 5.41) is 10.2. The first-order chi connectivity index (χ1) is 21.0. The zero-order chi connectivity index (χ0) is 32.0. The van der Waals surface area contributed by atoms with E-state index in [9.17, 15) is 29.2 Å². The molecule has 12 nitrogen and oxygen atoms in total. The lowest BCUT2D eigenvalue weighted by molar-refractivity contribution is -0.268. The number of rotatable bonds is 8. The molecule has 228 valence electrons. The molecule has 1 aromatic heterocycles. The van der Waals surface area contributed by atoms with Gasteiger partial charge in [0, 0.05) is 33.3 Å². The van der Waals surface area contributed by atoms with Crippen LogP contribution in [-0.2, 0) is 42.9 Å². The van der Waals surface area contributed by atoms with Crippen LogP contribution in [-0.4, -0.2) is 59.5 Å². The summed E-state index contributed by atoms with van der Waals surface area (Å²) in [5.41, 5.74) is 0.733. The number of esters is 4. The first kappa shape index (κ1) is 31.7. The molecule has 2 heterocycles. The average Bonchev–Trinajstić information content (AvgIpc) is 2.98. The predicted octanol–water partition coefficient (Wildman–Crippen LogP) is 3.31. The monoisotopic (exact) mass is 602 g/mol. The summed E-state index contributed by atoms with van der Waals surface area (Å²) < 4.78 is 29.2. The van der Waals surface area contributed by atoms with Gasteiger partial charge in [0.2, 0.25) is 0 Å². The van der Waals surface area contributed by atoms with Crippen molar-refractivity contribution in [2.75, 3.05) is 6.61 Å². The Morgan fingerprint density at radius 1 is 0.773 bits per heavy atom. The summed E-state index contributed by atoms with van der Waals surface area (Å²) in [4.78, 5) is 62.9. The van der Waals surface area contributed by atoms with Gasteiger partial charge in [0.05, 0.1) is 5.69 Å². The highest BCUT2D eigenvalue weighted by Crippen LogP contribution is 2.38. The van der Waals surface area contributed by atoms with Crippen molar-refractivity contribution in [1.29, 1.82) is 5.26 Å². The van der Waals surface area contributed by atoms with Crippen LogP contribution >= 0.6 is 0 Å². The Labute approximate surface area is 252 Å². The molecule has 4 rings (SSSR count). The number of nitrogens with zero attached hydrogens (tertiary/aromatic N) is 2. The number of nitriles is 1. The fraction of sp³-hybridized carbons (Fsp3) is 0.312. The van der Waals surface area contributed by atoms with Crippen molar-refractivity contribution in [3.8, 4) is 28.5 Å². The number of carbonyl (C=O) groups excluding carboxylic acids is 4. The maximum absolute atomic E-state index is 14.3. The van der Waals surface area contributed by atoms with Crippen LogP contribution in [0.1, 0.15) is 39.5 Å². The van der Waals surface area contributed by atoms with E-state index in [-0.39, 0.29) is 11.3 Å². The van der Waals surface area contributed by atoms with E-state index in [1.54, 1.807) is 66.7 Å². The van der Waals surface area contributed by atoms with E-state index in [2.05, 4.69) is 0 Å². The molecule has 1 fully saturated rings. The lowest BCUT2D eigenvalue weighted by Crippen LogP contribution is -2.61. The largest absolute Gasteiger partial charge is 0.463 e. The molecule has 0 saturated carbocycles. The van der Waals surface area contributed by atoms with E-state index in [0.717, 1.165) is 32.3 Å². The molecule has 0 bridgehead atoms. The van der Waals surface area contributed by atoms with Gasteiger partial charge in [-0.2, -0.15) is 5.26 Å². The number of hydrogen-bond donors (Lipinski definition) is 0. The highest BCUT2D eigenvalue weighted by atomic mass is 16.7. The van der Waals surface area contributed by atoms with Crippen LogP contribution < -0.4 is 5.56 Å². The minimum Gasteiger partial charge on any atom is -0.463 e. The Morgan fingerprint density at radius 3 is 1.82 bits per heavy atom. The summed E-state index contributed by atoms with van der Waals surface area (Å²) in [7, 11) is 0. The van der Waals surface area contributed by atoms with Gasteiger partial charge in [-0.25, -0.2) is 0 Å². The van der Waals surface area contributed by atoms with Crippen LogP contribution in [0.4, 0.5) is 0 Å². The van der Waals surface area contributed by atoms with Crippen LogP contribution in [0, 0.1) is 11.3 Å². The minimum atomic E-state index is -1.55. The van der Waals surface area contributed by atoms with Gasteiger partial charge in [-0.05, 0) is 17.2 Å². The lowest BCUT2D eigenvalue weighted by Gasteiger charge is -2.45. The van der Waals surface area contributed by atoms with Gasteiger partial charge in [-0.1, -0.05) is 60.7 Å². The molecule has 3 aromatic rings. The fourth-order valence-electron chi connectivity index (χ4n) is 5.07. The van der Waals surface area contributed by atoms with E-state index in [0.29, 0.717) is 16.7 Å². The molecular formula is C32H30N2O10. The third kappa shape index (κ3) is 7.02. The van der Waals surface area contributed by atoms with Crippen LogP contribution in [0.25, 0.3) is 22.4 Å². The summed E-state index contributed by atoms with van der Waals surface area (Å²) in [6.07, 6.45) is -7.31. The molecule has 0 amide bonds. The molecule has 1 aliphatic heterocycles. The van der Waals surface area contributed by atoms with Gasteiger partial charge in [0.15, 0.2) is 24.5 Å². The maximum Gasteiger partial charge on any atom is 0.303 e. The van der Waals surface area contributed by atoms with Crippen molar-refractivity contribution in [2.24, 2.45) is 0 Å². The zero-order valence-electron chi connectivity index (χ0n) is 24.4. The number of hydrogen-bond acceptors (Lipinski definition) is 11. The molecule has 0 radical (unpaired) electrons. The molecule has 1 saturated heterocycles. The summed E-state index contributed by atoms with van der Waals surface area (Å²) >= 11 is 0. The normalized spacial score (nSPS) is 20.9. The molecule has 5 atom stereocenters. The van der Waals surface area contributed by atoms with Gasteiger partial charge in [0.1, 0.15) is 24.3 Å². The topological polar surface area (TPSA) is 160 Å². The number of ether oxygens (including phenoxy) is 5. The van der Waals surface area contributed by atoms with Gasteiger partial charge in [-0.3, -0.25) is 28.5 Å². The predicted molar refractivity (Wildman–Crippen MR) is 153 cm³/mol. The summed E-state index contributed by atoms with van der Waals surface area (Å²) in [5.74, 6) is -3.11. The van der Waals surface area contributed by atoms with Crippen molar-refractivity contribution >= 4 is 23.9 Å². The lowest BCUT2D eigenvalue weighted by atomic mass is 9.95. The van der Waals surface area contributed by atoms with Crippen molar-refractivity contribution in [3.63, 3.8) is 0 Å².